The lowest BCUT2D eigenvalue weighted by molar-refractivity contribution is -0.0499. The van der Waals surface area contributed by atoms with E-state index in [0.29, 0.717) is 31.1 Å². The lowest BCUT2D eigenvalue weighted by Gasteiger charge is -2.47. The van der Waals surface area contributed by atoms with Crippen molar-refractivity contribution in [1.82, 2.24) is 14.9 Å². The molecule has 3 atom stereocenters. The Kier molecular flexibility index (Phi) is 7.47. The number of likely N-dealkylation sites (tertiary alicyclic amines) is 1. The highest BCUT2D eigenvalue weighted by atomic mass is 35.5. The standard InChI is InChI=1S/C31H40ClN5O2/c1-5-21-9-7-11-27(29(21)25(32)6-2)36-15-13-24-26(17-36)33-31(38-19-22-10-8-14-35(22)4)34-30(24)37-16-12-23-20(3)39-28(23)18-37/h6-7,9,11,22-23,28H,3,5,8,10,12-19H2,1-2,4H3/b25-6+. The topological polar surface area (TPSA) is 54.0 Å². The smallest absolute Gasteiger partial charge is 0.318 e. The minimum atomic E-state index is 0.204. The number of rotatable bonds is 7. The zero-order chi connectivity index (χ0) is 27.1. The average Bonchev–Trinajstić information content (AvgIpc) is 3.37. The van der Waals surface area contributed by atoms with Crippen LogP contribution in [0, 0.1) is 5.92 Å². The number of likely N-dealkylation sites (N-methyl/N-ethyl adjacent to an activating group) is 1. The van der Waals surface area contributed by atoms with E-state index in [2.05, 4.69) is 53.4 Å². The molecule has 1 aromatic heterocycles. The lowest BCUT2D eigenvalue weighted by Crippen LogP contribution is -2.52. The van der Waals surface area contributed by atoms with Crippen LogP contribution in [0.2, 0.25) is 0 Å². The fourth-order valence-electron chi connectivity index (χ4n) is 6.65. The van der Waals surface area contributed by atoms with E-state index >= 15 is 0 Å². The molecule has 7 nitrogen and oxygen atoms in total. The number of piperidine rings is 1. The molecule has 5 heterocycles. The molecule has 0 saturated carbocycles. The first-order chi connectivity index (χ1) is 19.0. The monoisotopic (exact) mass is 549 g/mol. The van der Waals surface area contributed by atoms with Crippen molar-refractivity contribution in [1.29, 1.82) is 0 Å². The van der Waals surface area contributed by atoms with Crippen LogP contribution in [0.15, 0.2) is 36.6 Å². The van der Waals surface area contributed by atoms with Gasteiger partial charge in [0.05, 0.1) is 30.5 Å². The minimum Gasteiger partial charge on any atom is -0.492 e. The molecule has 0 amide bonds. The molecule has 208 valence electrons. The van der Waals surface area contributed by atoms with Crippen LogP contribution >= 0.6 is 11.6 Å². The number of hydrogen-bond acceptors (Lipinski definition) is 7. The fraction of sp³-hybridized carbons (Fsp3) is 0.548. The van der Waals surface area contributed by atoms with Crippen LogP contribution in [0.4, 0.5) is 11.5 Å². The summed E-state index contributed by atoms with van der Waals surface area (Å²) in [5.74, 6) is 2.43. The van der Waals surface area contributed by atoms with Crippen LogP contribution in [-0.2, 0) is 24.1 Å². The maximum Gasteiger partial charge on any atom is 0.318 e. The Bertz CT molecular complexity index is 1280. The Morgan fingerprint density at radius 3 is 2.79 bits per heavy atom. The molecule has 3 saturated heterocycles. The highest BCUT2D eigenvalue weighted by molar-refractivity contribution is 6.49. The maximum absolute atomic E-state index is 6.77. The molecule has 0 bridgehead atoms. The van der Waals surface area contributed by atoms with E-state index < -0.39 is 0 Å². The number of halogens is 1. The van der Waals surface area contributed by atoms with Crippen molar-refractivity contribution in [2.45, 2.75) is 64.6 Å². The first-order valence-corrected chi connectivity index (χ1v) is 14.9. The van der Waals surface area contributed by atoms with Crippen molar-refractivity contribution in [2.24, 2.45) is 5.92 Å². The van der Waals surface area contributed by atoms with E-state index in [1.165, 1.54) is 23.2 Å². The molecular weight excluding hydrogens is 510 g/mol. The zero-order valence-electron chi connectivity index (χ0n) is 23.5. The van der Waals surface area contributed by atoms with Crippen molar-refractivity contribution in [3.05, 3.63) is 59.0 Å². The highest BCUT2D eigenvalue weighted by Crippen LogP contribution is 2.41. The minimum absolute atomic E-state index is 0.204. The number of nitrogens with zero attached hydrogens (tertiary/aromatic N) is 5. The second-order valence-corrected chi connectivity index (χ2v) is 11.7. The number of fused-ring (bicyclic) bond motifs is 2. The predicted molar refractivity (Wildman–Crippen MR) is 158 cm³/mol. The molecule has 0 spiro atoms. The average molecular weight is 550 g/mol. The number of anilines is 2. The molecule has 4 aliphatic rings. The van der Waals surface area contributed by atoms with Gasteiger partial charge in [-0.25, -0.2) is 0 Å². The van der Waals surface area contributed by atoms with Crippen molar-refractivity contribution < 1.29 is 9.47 Å². The lowest BCUT2D eigenvalue weighted by atomic mass is 9.87. The van der Waals surface area contributed by atoms with E-state index in [-0.39, 0.29) is 6.10 Å². The highest BCUT2D eigenvalue weighted by Gasteiger charge is 2.42. The van der Waals surface area contributed by atoms with E-state index in [1.54, 1.807) is 0 Å². The van der Waals surface area contributed by atoms with Crippen LogP contribution in [0.25, 0.3) is 5.03 Å². The summed E-state index contributed by atoms with van der Waals surface area (Å²) in [5.41, 5.74) is 5.84. The van der Waals surface area contributed by atoms with Gasteiger partial charge < -0.3 is 24.2 Å². The number of allylic oxidation sites excluding steroid dienone is 1. The number of benzene rings is 1. The molecule has 1 aromatic carbocycles. The number of aromatic nitrogens is 2. The summed E-state index contributed by atoms with van der Waals surface area (Å²) in [4.78, 5) is 17.2. The molecule has 0 radical (unpaired) electrons. The van der Waals surface area contributed by atoms with E-state index in [1.807, 2.05) is 13.0 Å². The molecular formula is C31H40ClN5O2. The van der Waals surface area contributed by atoms with Gasteiger partial charge in [0, 0.05) is 41.0 Å². The van der Waals surface area contributed by atoms with Gasteiger partial charge in [0.1, 0.15) is 18.5 Å². The Labute approximate surface area is 237 Å². The third-order valence-corrected chi connectivity index (χ3v) is 9.42. The molecule has 2 aromatic rings. The molecule has 4 aliphatic heterocycles. The zero-order valence-corrected chi connectivity index (χ0v) is 24.2. The molecule has 0 N–H and O–H groups in total. The summed E-state index contributed by atoms with van der Waals surface area (Å²) >= 11 is 6.77. The summed E-state index contributed by atoms with van der Waals surface area (Å²) < 4.78 is 12.2. The largest absolute Gasteiger partial charge is 0.492 e. The van der Waals surface area contributed by atoms with Crippen LogP contribution < -0.4 is 14.5 Å². The van der Waals surface area contributed by atoms with Gasteiger partial charge in [0.15, 0.2) is 0 Å². The third-order valence-electron chi connectivity index (χ3n) is 9.02. The summed E-state index contributed by atoms with van der Waals surface area (Å²) in [6.45, 7) is 13.3. The summed E-state index contributed by atoms with van der Waals surface area (Å²) in [5, 5.41) is 0.797. The van der Waals surface area contributed by atoms with Gasteiger partial charge in [0.2, 0.25) is 0 Å². The van der Waals surface area contributed by atoms with Crippen LogP contribution in [-0.4, -0.2) is 66.8 Å². The van der Waals surface area contributed by atoms with Gasteiger partial charge in [-0.3, -0.25) is 0 Å². The van der Waals surface area contributed by atoms with Gasteiger partial charge in [-0.1, -0.05) is 43.3 Å². The Balaban J connectivity index is 1.32. The summed E-state index contributed by atoms with van der Waals surface area (Å²) in [7, 11) is 2.17. The quantitative estimate of drug-likeness (QED) is 0.457. The number of aryl methyl sites for hydroxylation is 1. The molecule has 8 heteroatoms. The first kappa shape index (κ1) is 26.5. The fourth-order valence-corrected chi connectivity index (χ4v) is 6.87. The van der Waals surface area contributed by atoms with Gasteiger partial charge >= 0.3 is 6.01 Å². The van der Waals surface area contributed by atoms with Crippen molar-refractivity contribution in [3.63, 3.8) is 0 Å². The van der Waals surface area contributed by atoms with Gasteiger partial charge in [0.25, 0.3) is 0 Å². The van der Waals surface area contributed by atoms with Crippen molar-refractivity contribution >= 4 is 28.1 Å². The molecule has 3 fully saturated rings. The first-order valence-electron chi connectivity index (χ1n) is 14.5. The van der Waals surface area contributed by atoms with Crippen LogP contribution in [0.1, 0.15) is 55.5 Å². The summed E-state index contributed by atoms with van der Waals surface area (Å²) in [6, 6.07) is 7.40. The number of ether oxygens (including phenoxy) is 2. The van der Waals surface area contributed by atoms with Crippen LogP contribution in [0.3, 0.4) is 0 Å². The van der Waals surface area contributed by atoms with Crippen LogP contribution in [0.5, 0.6) is 6.01 Å². The van der Waals surface area contributed by atoms with E-state index in [0.717, 1.165) is 79.7 Å². The van der Waals surface area contributed by atoms with Crippen molar-refractivity contribution in [3.8, 4) is 6.01 Å². The van der Waals surface area contributed by atoms with Gasteiger partial charge in [-0.05, 0) is 64.3 Å². The molecule has 3 unspecified atom stereocenters. The normalized spacial score (nSPS) is 25.2. The van der Waals surface area contributed by atoms with E-state index in [4.69, 9.17) is 31.0 Å². The Hall–Kier alpha value is -2.77. The maximum atomic E-state index is 6.77. The predicted octanol–water partition coefficient (Wildman–Crippen LogP) is 5.41. The SMILES string of the molecule is C=C1OC2CN(c3nc(OCC4CCCN4C)nc4c3CCN(c3cccc(CC)c3/C(Cl)=C\C)C4)CCC12. The Morgan fingerprint density at radius 1 is 1.21 bits per heavy atom. The van der Waals surface area contributed by atoms with Crippen molar-refractivity contribution in [2.75, 3.05) is 49.6 Å². The summed E-state index contributed by atoms with van der Waals surface area (Å²) in [6.07, 6.45) is 7.42. The Morgan fingerprint density at radius 2 is 2.08 bits per heavy atom. The number of hydrogen-bond donors (Lipinski definition) is 0. The second kappa shape index (κ2) is 11.0. The van der Waals surface area contributed by atoms with Gasteiger partial charge in [-0.2, -0.15) is 9.97 Å². The molecule has 6 rings (SSSR count). The van der Waals surface area contributed by atoms with E-state index in [9.17, 15) is 0 Å². The molecule has 0 aliphatic carbocycles. The third kappa shape index (κ3) is 5.00. The second-order valence-electron chi connectivity index (χ2n) is 11.3. The van der Waals surface area contributed by atoms with Gasteiger partial charge in [-0.15, -0.1) is 0 Å². The molecule has 39 heavy (non-hydrogen) atoms.